The summed E-state index contributed by atoms with van der Waals surface area (Å²) in [4.78, 5) is 10.8. The van der Waals surface area contributed by atoms with Crippen molar-refractivity contribution in [2.45, 2.75) is 45.4 Å². The van der Waals surface area contributed by atoms with Crippen LogP contribution in [0.4, 0.5) is 0 Å². The Morgan fingerprint density at radius 3 is 2.72 bits per heavy atom. The standard InChI is InChI=1S/C16H23NO/c1-13(18)8-10-17-11-9-14-6-7-15-4-2-3-5-16(15)12-14/h6-7,12,17H,2-5,8-11H2,1H3. The summed E-state index contributed by atoms with van der Waals surface area (Å²) in [5.41, 5.74) is 4.53. The summed E-state index contributed by atoms with van der Waals surface area (Å²) in [7, 11) is 0. The van der Waals surface area contributed by atoms with Gasteiger partial charge in [-0.2, -0.15) is 0 Å². The van der Waals surface area contributed by atoms with Crippen molar-refractivity contribution in [3.05, 3.63) is 34.9 Å². The van der Waals surface area contributed by atoms with E-state index < -0.39 is 0 Å². The molecule has 2 heteroatoms. The monoisotopic (exact) mass is 245 g/mol. The number of nitrogens with one attached hydrogen (secondary N) is 1. The van der Waals surface area contributed by atoms with Gasteiger partial charge in [0.25, 0.3) is 0 Å². The Hall–Kier alpha value is -1.15. The summed E-state index contributed by atoms with van der Waals surface area (Å²) < 4.78 is 0. The highest BCUT2D eigenvalue weighted by molar-refractivity contribution is 5.75. The van der Waals surface area contributed by atoms with E-state index in [9.17, 15) is 4.79 Å². The Morgan fingerprint density at radius 1 is 1.17 bits per heavy atom. The molecular formula is C16H23NO. The van der Waals surface area contributed by atoms with E-state index in [1.807, 2.05) is 0 Å². The zero-order chi connectivity index (χ0) is 12.8. The number of ketones is 1. The molecule has 0 spiro atoms. The maximum Gasteiger partial charge on any atom is 0.131 e. The van der Waals surface area contributed by atoms with Crippen molar-refractivity contribution in [2.24, 2.45) is 0 Å². The normalized spacial score (nSPS) is 14.3. The Morgan fingerprint density at radius 2 is 1.94 bits per heavy atom. The molecule has 1 aliphatic rings. The molecule has 0 bridgehead atoms. The fraction of sp³-hybridized carbons (Fsp3) is 0.562. The number of hydrogen-bond acceptors (Lipinski definition) is 2. The van der Waals surface area contributed by atoms with Crippen molar-refractivity contribution in [1.82, 2.24) is 5.32 Å². The molecule has 0 saturated heterocycles. The van der Waals surface area contributed by atoms with Gasteiger partial charge in [-0.15, -0.1) is 0 Å². The molecule has 1 N–H and O–H groups in total. The second-order valence-corrected chi connectivity index (χ2v) is 5.26. The lowest BCUT2D eigenvalue weighted by atomic mass is 9.90. The molecule has 0 radical (unpaired) electrons. The van der Waals surface area contributed by atoms with Gasteiger partial charge < -0.3 is 5.32 Å². The molecular weight excluding hydrogens is 222 g/mol. The third-order valence-corrected chi connectivity index (χ3v) is 3.66. The largest absolute Gasteiger partial charge is 0.316 e. The van der Waals surface area contributed by atoms with Gasteiger partial charge in [0.2, 0.25) is 0 Å². The van der Waals surface area contributed by atoms with Gasteiger partial charge in [0.15, 0.2) is 0 Å². The van der Waals surface area contributed by atoms with E-state index in [1.54, 1.807) is 18.1 Å². The van der Waals surface area contributed by atoms with E-state index in [0.717, 1.165) is 19.5 Å². The minimum Gasteiger partial charge on any atom is -0.316 e. The number of fused-ring (bicyclic) bond motifs is 1. The molecule has 0 atom stereocenters. The zero-order valence-electron chi connectivity index (χ0n) is 11.3. The van der Waals surface area contributed by atoms with Crippen LogP contribution in [-0.4, -0.2) is 18.9 Å². The van der Waals surface area contributed by atoms with Crippen LogP contribution in [0.2, 0.25) is 0 Å². The van der Waals surface area contributed by atoms with Crippen LogP contribution < -0.4 is 5.32 Å². The maximum atomic E-state index is 10.8. The van der Waals surface area contributed by atoms with Crippen LogP contribution in [-0.2, 0) is 24.1 Å². The van der Waals surface area contributed by atoms with Crippen LogP contribution in [0.1, 0.15) is 42.9 Å². The number of carbonyl (C=O) groups is 1. The van der Waals surface area contributed by atoms with Crippen LogP contribution in [0.3, 0.4) is 0 Å². The summed E-state index contributed by atoms with van der Waals surface area (Å²) in [6.45, 7) is 3.41. The molecule has 2 rings (SSSR count). The minimum absolute atomic E-state index is 0.260. The van der Waals surface area contributed by atoms with E-state index in [2.05, 4.69) is 23.5 Å². The van der Waals surface area contributed by atoms with Crippen LogP contribution in [0.5, 0.6) is 0 Å². The summed E-state index contributed by atoms with van der Waals surface area (Å²) in [5, 5.41) is 3.32. The molecule has 0 heterocycles. The molecule has 2 nitrogen and oxygen atoms in total. The number of aryl methyl sites for hydroxylation is 2. The fourth-order valence-corrected chi connectivity index (χ4v) is 2.56. The lowest BCUT2D eigenvalue weighted by Gasteiger charge is -2.16. The van der Waals surface area contributed by atoms with E-state index >= 15 is 0 Å². The van der Waals surface area contributed by atoms with Crippen LogP contribution in [0, 0.1) is 0 Å². The number of hydrogen-bond donors (Lipinski definition) is 1. The predicted molar refractivity (Wildman–Crippen MR) is 75.0 cm³/mol. The van der Waals surface area contributed by atoms with Gasteiger partial charge in [-0.3, -0.25) is 4.79 Å². The van der Waals surface area contributed by atoms with Gasteiger partial charge in [-0.05, 0) is 62.3 Å². The van der Waals surface area contributed by atoms with Gasteiger partial charge in [-0.1, -0.05) is 18.2 Å². The topological polar surface area (TPSA) is 29.1 Å². The second-order valence-electron chi connectivity index (χ2n) is 5.26. The van der Waals surface area contributed by atoms with Crippen molar-refractivity contribution in [3.63, 3.8) is 0 Å². The van der Waals surface area contributed by atoms with E-state index in [1.165, 1.54) is 31.2 Å². The highest BCUT2D eigenvalue weighted by atomic mass is 16.1. The second kappa shape index (κ2) is 6.69. The van der Waals surface area contributed by atoms with Crippen LogP contribution >= 0.6 is 0 Å². The van der Waals surface area contributed by atoms with Gasteiger partial charge in [-0.25, -0.2) is 0 Å². The van der Waals surface area contributed by atoms with Gasteiger partial charge in [0.05, 0.1) is 0 Å². The molecule has 0 unspecified atom stereocenters. The minimum atomic E-state index is 0.260. The molecule has 1 aromatic rings. The number of Topliss-reactive ketones (excluding diaryl/α,β-unsaturated/α-hetero) is 1. The summed E-state index contributed by atoms with van der Waals surface area (Å²) in [5.74, 6) is 0.260. The Kier molecular flexibility index (Phi) is 4.94. The molecule has 1 aliphatic carbocycles. The molecule has 0 amide bonds. The SMILES string of the molecule is CC(=O)CCNCCc1ccc2c(c1)CCCC2. The van der Waals surface area contributed by atoms with Crippen LogP contribution in [0.25, 0.3) is 0 Å². The third-order valence-electron chi connectivity index (χ3n) is 3.66. The molecule has 0 fully saturated rings. The summed E-state index contributed by atoms with van der Waals surface area (Å²) in [6, 6.07) is 6.94. The fourth-order valence-electron chi connectivity index (χ4n) is 2.56. The van der Waals surface area contributed by atoms with Gasteiger partial charge in [0, 0.05) is 13.0 Å². The number of rotatable bonds is 6. The average Bonchev–Trinajstić information content (AvgIpc) is 2.38. The zero-order valence-corrected chi connectivity index (χ0v) is 11.3. The van der Waals surface area contributed by atoms with Crippen molar-refractivity contribution >= 4 is 5.78 Å². The third kappa shape index (κ3) is 3.95. The van der Waals surface area contributed by atoms with Gasteiger partial charge >= 0.3 is 0 Å². The maximum absolute atomic E-state index is 10.8. The Bertz CT molecular complexity index is 412. The Labute approximate surface area is 110 Å². The first-order chi connectivity index (χ1) is 8.75. The van der Waals surface area contributed by atoms with Crippen LogP contribution in [0.15, 0.2) is 18.2 Å². The summed E-state index contributed by atoms with van der Waals surface area (Å²) in [6.07, 6.45) is 6.90. The van der Waals surface area contributed by atoms with E-state index in [4.69, 9.17) is 0 Å². The van der Waals surface area contributed by atoms with E-state index in [0.29, 0.717) is 6.42 Å². The molecule has 0 saturated carbocycles. The van der Waals surface area contributed by atoms with Crippen molar-refractivity contribution < 1.29 is 4.79 Å². The van der Waals surface area contributed by atoms with Crippen molar-refractivity contribution in [2.75, 3.05) is 13.1 Å². The van der Waals surface area contributed by atoms with E-state index in [-0.39, 0.29) is 5.78 Å². The first kappa shape index (κ1) is 13.3. The predicted octanol–water partition coefficient (Wildman–Crippen LogP) is 2.68. The average molecular weight is 245 g/mol. The highest BCUT2D eigenvalue weighted by Crippen LogP contribution is 2.22. The lowest BCUT2D eigenvalue weighted by Crippen LogP contribution is -2.20. The van der Waals surface area contributed by atoms with Crippen molar-refractivity contribution in [3.8, 4) is 0 Å². The Balaban J connectivity index is 1.77. The highest BCUT2D eigenvalue weighted by Gasteiger charge is 2.09. The lowest BCUT2D eigenvalue weighted by molar-refractivity contribution is -0.116. The molecule has 1 aromatic carbocycles. The summed E-state index contributed by atoms with van der Waals surface area (Å²) >= 11 is 0. The first-order valence-electron chi connectivity index (χ1n) is 7.06. The smallest absolute Gasteiger partial charge is 0.131 e. The van der Waals surface area contributed by atoms with Gasteiger partial charge in [0.1, 0.15) is 5.78 Å². The first-order valence-corrected chi connectivity index (χ1v) is 7.06. The molecule has 0 aliphatic heterocycles. The molecule has 98 valence electrons. The quantitative estimate of drug-likeness (QED) is 0.781. The molecule has 18 heavy (non-hydrogen) atoms. The van der Waals surface area contributed by atoms with Crippen molar-refractivity contribution in [1.29, 1.82) is 0 Å². The number of benzene rings is 1. The molecule has 0 aromatic heterocycles. The number of carbonyl (C=O) groups excluding carboxylic acids is 1.